The Hall–Kier alpha value is -1.01. The first-order valence-corrected chi connectivity index (χ1v) is 8.17. The van der Waals surface area contributed by atoms with Crippen molar-refractivity contribution < 1.29 is 9.47 Å². The molecule has 0 amide bonds. The maximum atomic E-state index is 6.43. The van der Waals surface area contributed by atoms with E-state index in [0.29, 0.717) is 6.10 Å². The fraction of sp³-hybridized carbons (Fsp3) is 0.706. The lowest BCUT2D eigenvalue weighted by atomic mass is 10.00. The van der Waals surface area contributed by atoms with Crippen LogP contribution in [0.1, 0.15) is 18.4 Å². The molecule has 22 heavy (non-hydrogen) atoms. The third kappa shape index (κ3) is 4.04. The second kappa shape index (κ2) is 7.04. The van der Waals surface area contributed by atoms with Gasteiger partial charge >= 0.3 is 0 Å². The van der Waals surface area contributed by atoms with Gasteiger partial charge in [-0.05, 0) is 44.6 Å². The highest BCUT2D eigenvalue weighted by molar-refractivity contribution is 5.10. The largest absolute Gasteiger partial charge is 0.377 e. The minimum atomic E-state index is -0.121. The van der Waals surface area contributed by atoms with Crippen LogP contribution in [0.3, 0.4) is 0 Å². The number of likely N-dealkylation sites (N-methyl/N-ethyl adjacent to an activating group) is 1. The first kappa shape index (κ1) is 15.9. The van der Waals surface area contributed by atoms with Gasteiger partial charge in [-0.1, -0.05) is 0 Å². The van der Waals surface area contributed by atoms with E-state index in [9.17, 15) is 0 Å². The summed E-state index contributed by atoms with van der Waals surface area (Å²) in [5, 5.41) is 0. The maximum Gasteiger partial charge on any atom is 0.105 e. The van der Waals surface area contributed by atoms with Gasteiger partial charge < -0.3 is 14.4 Å². The van der Waals surface area contributed by atoms with E-state index in [4.69, 9.17) is 9.47 Å². The number of hydrogen-bond acceptors (Lipinski definition) is 5. The smallest absolute Gasteiger partial charge is 0.105 e. The molecular formula is C17H27N3O2. The monoisotopic (exact) mass is 305 g/mol. The average molecular weight is 305 g/mol. The molecule has 2 saturated heterocycles. The van der Waals surface area contributed by atoms with Crippen molar-refractivity contribution in [3.05, 3.63) is 30.1 Å². The summed E-state index contributed by atoms with van der Waals surface area (Å²) >= 11 is 0. The lowest BCUT2D eigenvalue weighted by Gasteiger charge is -2.32. The van der Waals surface area contributed by atoms with Crippen LogP contribution in [0.4, 0.5) is 0 Å². The van der Waals surface area contributed by atoms with Crippen molar-refractivity contribution in [3.8, 4) is 0 Å². The average Bonchev–Trinajstić information content (AvgIpc) is 2.75. The van der Waals surface area contributed by atoms with Crippen molar-refractivity contribution in [3.63, 3.8) is 0 Å². The maximum absolute atomic E-state index is 6.43. The third-order valence-electron chi connectivity index (χ3n) is 4.49. The highest BCUT2D eigenvalue weighted by Crippen LogP contribution is 2.33. The van der Waals surface area contributed by atoms with E-state index in [1.54, 1.807) is 0 Å². The van der Waals surface area contributed by atoms with Gasteiger partial charge in [0.2, 0.25) is 0 Å². The van der Waals surface area contributed by atoms with Gasteiger partial charge in [0.05, 0.1) is 19.3 Å². The summed E-state index contributed by atoms with van der Waals surface area (Å²) in [5.41, 5.74) is 1.18. The molecule has 0 radical (unpaired) electrons. The Balaban J connectivity index is 1.63. The predicted octanol–water partition coefficient (Wildman–Crippen LogP) is 1.39. The summed E-state index contributed by atoms with van der Waals surface area (Å²) in [6.45, 7) is 5.37. The first-order chi connectivity index (χ1) is 10.7. The van der Waals surface area contributed by atoms with Crippen LogP contribution in [0.15, 0.2) is 24.5 Å². The molecular weight excluding hydrogens is 278 g/mol. The molecule has 5 heteroatoms. The van der Waals surface area contributed by atoms with Crippen molar-refractivity contribution in [2.24, 2.45) is 0 Å². The molecule has 2 fully saturated rings. The highest BCUT2D eigenvalue weighted by atomic mass is 16.6. The van der Waals surface area contributed by atoms with E-state index >= 15 is 0 Å². The number of ether oxygens (including phenoxy) is 2. The number of pyridine rings is 1. The molecule has 1 spiro atoms. The summed E-state index contributed by atoms with van der Waals surface area (Å²) in [6, 6.07) is 4.17. The second-order valence-electron chi connectivity index (χ2n) is 6.84. The molecule has 122 valence electrons. The number of aromatic nitrogens is 1. The lowest BCUT2D eigenvalue weighted by molar-refractivity contribution is -0.0902. The minimum Gasteiger partial charge on any atom is -0.377 e. The van der Waals surface area contributed by atoms with Gasteiger partial charge in [-0.15, -0.1) is 0 Å². The third-order valence-corrected chi connectivity index (χ3v) is 4.49. The lowest BCUT2D eigenvalue weighted by Crippen LogP contribution is -2.45. The molecule has 0 saturated carbocycles. The van der Waals surface area contributed by atoms with Crippen LogP contribution in [0.25, 0.3) is 0 Å². The van der Waals surface area contributed by atoms with Gasteiger partial charge in [0.15, 0.2) is 0 Å². The Kier molecular flexibility index (Phi) is 5.08. The first-order valence-electron chi connectivity index (χ1n) is 8.17. The Labute approximate surface area is 133 Å². The zero-order valence-electron chi connectivity index (χ0n) is 13.7. The van der Waals surface area contributed by atoms with Crippen LogP contribution in [-0.4, -0.2) is 73.4 Å². The van der Waals surface area contributed by atoms with Crippen LogP contribution in [0, 0.1) is 0 Å². The molecule has 1 aromatic rings. The quantitative estimate of drug-likeness (QED) is 0.840. The Bertz CT molecular complexity index is 468. The molecule has 2 atom stereocenters. The molecule has 3 heterocycles. The Morgan fingerprint density at radius 1 is 1.36 bits per heavy atom. The number of hydrogen-bond donors (Lipinski definition) is 0. The van der Waals surface area contributed by atoms with E-state index in [2.05, 4.69) is 41.0 Å². The number of rotatable bonds is 4. The molecule has 0 aliphatic carbocycles. The van der Waals surface area contributed by atoms with Crippen LogP contribution >= 0.6 is 0 Å². The Morgan fingerprint density at radius 2 is 2.18 bits per heavy atom. The molecule has 0 N–H and O–H groups in total. The highest BCUT2D eigenvalue weighted by Gasteiger charge is 2.43. The van der Waals surface area contributed by atoms with Gasteiger partial charge in [0, 0.05) is 38.6 Å². The van der Waals surface area contributed by atoms with Gasteiger partial charge in [-0.3, -0.25) is 9.88 Å². The molecule has 2 aliphatic rings. The molecule has 0 unspecified atom stereocenters. The van der Waals surface area contributed by atoms with E-state index in [1.165, 1.54) is 5.56 Å². The molecule has 5 nitrogen and oxygen atoms in total. The van der Waals surface area contributed by atoms with Crippen molar-refractivity contribution >= 4 is 0 Å². The molecule has 0 bridgehead atoms. The topological polar surface area (TPSA) is 37.8 Å². The standard InChI is InChI=1S/C17H27N3O2/c1-19(2)12-16-3-6-17(22-16)13-20(9-10-21-14-17)11-15-4-7-18-8-5-15/h4-5,7-8,16H,3,6,9-14H2,1-2H3/t16-,17-/m1/s1. The van der Waals surface area contributed by atoms with E-state index in [0.717, 1.165) is 52.2 Å². The normalized spacial score (nSPS) is 30.0. The molecule has 0 aromatic carbocycles. The van der Waals surface area contributed by atoms with Gasteiger partial charge in [0.25, 0.3) is 0 Å². The molecule has 1 aromatic heterocycles. The van der Waals surface area contributed by atoms with Gasteiger partial charge in [-0.2, -0.15) is 0 Å². The van der Waals surface area contributed by atoms with Gasteiger partial charge in [-0.25, -0.2) is 0 Å². The summed E-state index contributed by atoms with van der Waals surface area (Å²) in [7, 11) is 4.21. The van der Waals surface area contributed by atoms with Crippen LogP contribution < -0.4 is 0 Å². The van der Waals surface area contributed by atoms with Gasteiger partial charge in [0.1, 0.15) is 5.60 Å². The zero-order chi connectivity index (χ0) is 15.4. The summed E-state index contributed by atoms with van der Waals surface area (Å²) in [4.78, 5) is 8.76. The van der Waals surface area contributed by atoms with E-state index in [1.807, 2.05) is 12.4 Å². The second-order valence-corrected chi connectivity index (χ2v) is 6.84. The summed E-state index contributed by atoms with van der Waals surface area (Å²) in [5.74, 6) is 0. The fourth-order valence-electron chi connectivity index (χ4n) is 3.52. The summed E-state index contributed by atoms with van der Waals surface area (Å²) in [6.07, 6.45) is 6.28. The van der Waals surface area contributed by atoms with Crippen molar-refractivity contribution in [2.45, 2.75) is 31.1 Å². The zero-order valence-corrected chi connectivity index (χ0v) is 13.7. The minimum absolute atomic E-state index is 0.121. The van der Waals surface area contributed by atoms with Crippen LogP contribution in [-0.2, 0) is 16.0 Å². The molecule has 2 aliphatic heterocycles. The molecule has 3 rings (SSSR count). The Morgan fingerprint density at radius 3 is 2.95 bits per heavy atom. The fourth-order valence-corrected chi connectivity index (χ4v) is 3.52. The SMILES string of the molecule is CN(C)C[C@H]1CC[C@@]2(COCCN(Cc3ccncc3)C2)O1. The van der Waals surface area contributed by atoms with Crippen molar-refractivity contribution in [1.29, 1.82) is 0 Å². The predicted molar refractivity (Wildman–Crippen MR) is 85.7 cm³/mol. The number of nitrogens with zero attached hydrogens (tertiary/aromatic N) is 3. The van der Waals surface area contributed by atoms with Crippen molar-refractivity contribution in [1.82, 2.24) is 14.8 Å². The van der Waals surface area contributed by atoms with Crippen LogP contribution in [0.2, 0.25) is 0 Å². The van der Waals surface area contributed by atoms with Crippen LogP contribution in [0.5, 0.6) is 0 Å². The van der Waals surface area contributed by atoms with E-state index < -0.39 is 0 Å². The van der Waals surface area contributed by atoms with Crippen molar-refractivity contribution in [2.75, 3.05) is 46.9 Å². The summed E-state index contributed by atoms with van der Waals surface area (Å²) < 4.78 is 12.3. The van der Waals surface area contributed by atoms with E-state index in [-0.39, 0.29) is 5.60 Å².